The first-order valence-corrected chi connectivity index (χ1v) is 20.4. The zero-order valence-electron chi connectivity index (χ0n) is 33.1. The van der Waals surface area contributed by atoms with Gasteiger partial charge in [-0.15, -0.1) is 0 Å². The molecule has 0 amide bonds. The quantitative estimate of drug-likeness (QED) is 0.161. The third kappa shape index (κ3) is 5.87. The van der Waals surface area contributed by atoms with E-state index in [0.717, 1.165) is 61.3 Å². The maximum atomic E-state index is 6.76. The maximum absolute atomic E-state index is 6.76. The lowest BCUT2D eigenvalue weighted by atomic mass is 9.82. The normalized spacial score (nSPS) is 12.7. The van der Waals surface area contributed by atoms with Gasteiger partial charge in [-0.2, -0.15) is 0 Å². The Morgan fingerprint density at radius 3 is 1.66 bits per heavy atom. The van der Waals surface area contributed by atoms with E-state index in [2.05, 4.69) is 231 Å². The minimum Gasteiger partial charge on any atom is -0.455 e. The first kappa shape index (κ1) is 34.8. The highest BCUT2D eigenvalue weighted by Crippen LogP contribution is 2.52. The van der Waals surface area contributed by atoms with Crippen LogP contribution in [0.1, 0.15) is 25.0 Å². The summed E-state index contributed by atoms with van der Waals surface area (Å²) in [7, 11) is 0. The van der Waals surface area contributed by atoms with E-state index >= 15 is 0 Å². The lowest BCUT2D eigenvalue weighted by Gasteiger charge is -2.30. The molecule has 11 rings (SSSR count). The number of anilines is 3. The van der Waals surface area contributed by atoms with Gasteiger partial charge < -0.3 is 9.32 Å². The van der Waals surface area contributed by atoms with E-state index in [1.54, 1.807) is 0 Å². The molecule has 0 aliphatic heterocycles. The van der Waals surface area contributed by atoms with E-state index in [0.29, 0.717) is 0 Å². The summed E-state index contributed by atoms with van der Waals surface area (Å²) in [5.74, 6) is 0. The second kappa shape index (κ2) is 13.9. The number of nitrogens with zero attached hydrogens (tertiary/aromatic N) is 1. The SMILES string of the molecule is CC1(C)c2ccccc2-c2ccc(N(c3cc(-c4ccc(-c5ccccc5)cc4)c4oc5ccccc5c4c3)c3ccc(-c4ccccc4)cc3-c3ccccc3)cc21. The van der Waals surface area contributed by atoms with E-state index in [1.165, 1.54) is 44.5 Å². The molecule has 1 aromatic heterocycles. The van der Waals surface area contributed by atoms with Crippen molar-refractivity contribution in [1.29, 1.82) is 0 Å². The summed E-state index contributed by atoms with van der Waals surface area (Å²) in [6.45, 7) is 4.72. The fourth-order valence-corrected chi connectivity index (χ4v) is 9.28. The second-order valence-corrected chi connectivity index (χ2v) is 16.1. The number of furan rings is 1. The van der Waals surface area contributed by atoms with Crippen LogP contribution in [0.4, 0.5) is 17.1 Å². The molecule has 0 N–H and O–H groups in total. The Morgan fingerprint density at radius 1 is 0.356 bits per heavy atom. The molecule has 0 saturated carbocycles. The Labute approximate surface area is 345 Å². The molecule has 0 atom stereocenters. The number of rotatable bonds is 7. The maximum Gasteiger partial charge on any atom is 0.143 e. The third-order valence-corrected chi connectivity index (χ3v) is 12.3. The summed E-state index contributed by atoms with van der Waals surface area (Å²) in [4.78, 5) is 2.47. The molecule has 2 heteroatoms. The number of fused-ring (bicyclic) bond motifs is 6. The van der Waals surface area contributed by atoms with Gasteiger partial charge in [0.05, 0.1) is 5.69 Å². The van der Waals surface area contributed by atoms with Gasteiger partial charge in [0, 0.05) is 38.7 Å². The van der Waals surface area contributed by atoms with E-state index in [9.17, 15) is 0 Å². The van der Waals surface area contributed by atoms with Crippen molar-refractivity contribution >= 4 is 39.0 Å². The van der Waals surface area contributed by atoms with Gasteiger partial charge in [-0.1, -0.05) is 184 Å². The van der Waals surface area contributed by atoms with Crippen LogP contribution in [-0.4, -0.2) is 0 Å². The minimum atomic E-state index is -0.163. The van der Waals surface area contributed by atoms with Crippen molar-refractivity contribution in [2.75, 3.05) is 4.90 Å². The van der Waals surface area contributed by atoms with Crippen LogP contribution in [0.25, 0.3) is 77.6 Å². The van der Waals surface area contributed by atoms with Gasteiger partial charge in [0.25, 0.3) is 0 Å². The number of benzene rings is 9. The first-order chi connectivity index (χ1) is 29.0. The molecule has 0 spiro atoms. The Kier molecular flexibility index (Phi) is 8.20. The van der Waals surface area contributed by atoms with Gasteiger partial charge in [-0.3, -0.25) is 0 Å². The van der Waals surface area contributed by atoms with Crippen molar-refractivity contribution < 1.29 is 4.42 Å². The Balaban J connectivity index is 1.19. The fraction of sp³-hybridized carbons (Fsp3) is 0.0526. The Hall–Kier alpha value is -7.42. The Bertz CT molecular complexity index is 3160. The van der Waals surface area contributed by atoms with Crippen LogP contribution in [0.3, 0.4) is 0 Å². The molecule has 2 nitrogen and oxygen atoms in total. The van der Waals surface area contributed by atoms with Crippen LogP contribution < -0.4 is 4.90 Å². The van der Waals surface area contributed by atoms with Crippen molar-refractivity contribution in [3.63, 3.8) is 0 Å². The smallest absolute Gasteiger partial charge is 0.143 e. The molecule has 0 bridgehead atoms. The van der Waals surface area contributed by atoms with Crippen molar-refractivity contribution in [3.8, 4) is 55.6 Å². The lowest BCUT2D eigenvalue weighted by molar-refractivity contribution is 0.660. The molecule has 9 aromatic carbocycles. The zero-order chi connectivity index (χ0) is 39.5. The van der Waals surface area contributed by atoms with E-state index in [-0.39, 0.29) is 5.41 Å². The molecular weight excluding hydrogens is 715 g/mol. The highest BCUT2D eigenvalue weighted by Gasteiger charge is 2.36. The number of para-hydroxylation sites is 1. The first-order valence-electron chi connectivity index (χ1n) is 20.4. The predicted molar refractivity (Wildman–Crippen MR) is 248 cm³/mol. The second-order valence-electron chi connectivity index (χ2n) is 16.1. The van der Waals surface area contributed by atoms with E-state index in [4.69, 9.17) is 4.42 Å². The molecule has 10 aromatic rings. The number of hydrogen-bond acceptors (Lipinski definition) is 2. The fourth-order valence-electron chi connectivity index (χ4n) is 9.28. The largest absolute Gasteiger partial charge is 0.455 e. The molecule has 1 aliphatic rings. The van der Waals surface area contributed by atoms with Crippen LogP contribution in [-0.2, 0) is 5.41 Å². The summed E-state index contributed by atoms with van der Waals surface area (Å²) < 4.78 is 6.76. The van der Waals surface area contributed by atoms with Crippen LogP contribution in [0.15, 0.2) is 217 Å². The molecule has 0 unspecified atom stereocenters. The van der Waals surface area contributed by atoms with Gasteiger partial charge in [0.2, 0.25) is 0 Å². The monoisotopic (exact) mass is 755 g/mol. The molecule has 0 saturated heterocycles. The highest BCUT2D eigenvalue weighted by molar-refractivity contribution is 6.12. The topological polar surface area (TPSA) is 16.4 Å². The average molecular weight is 756 g/mol. The summed E-state index contributed by atoms with van der Waals surface area (Å²) in [5.41, 5.74) is 19.4. The molecular formula is C57H41NO. The number of hydrogen-bond donors (Lipinski definition) is 0. The van der Waals surface area contributed by atoms with Crippen LogP contribution in [0.2, 0.25) is 0 Å². The highest BCUT2D eigenvalue weighted by atomic mass is 16.3. The van der Waals surface area contributed by atoms with Crippen molar-refractivity contribution in [2.24, 2.45) is 0 Å². The van der Waals surface area contributed by atoms with Gasteiger partial charge in [-0.25, -0.2) is 0 Å². The van der Waals surface area contributed by atoms with Gasteiger partial charge >= 0.3 is 0 Å². The predicted octanol–water partition coefficient (Wildman–Crippen LogP) is 16.0. The van der Waals surface area contributed by atoms with E-state index < -0.39 is 0 Å². The Morgan fingerprint density at radius 2 is 0.915 bits per heavy atom. The van der Waals surface area contributed by atoms with Gasteiger partial charge in [-0.05, 0) is 98.1 Å². The third-order valence-electron chi connectivity index (χ3n) is 12.3. The summed E-state index contributed by atoms with van der Waals surface area (Å²) in [6, 6.07) is 76.9. The summed E-state index contributed by atoms with van der Waals surface area (Å²) >= 11 is 0. The molecule has 1 aliphatic carbocycles. The minimum absolute atomic E-state index is 0.163. The van der Waals surface area contributed by atoms with Crippen molar-refractivity contribution in [2.45, 2.75) is 19.3 Å². The summed E-state index contributed by atoms with van der Waals surface area (Å²) in [6.07, 6.45) is 0. The van der Waals surface area contributed by atoms with Crippen LogP contribution in [0, 0.1) is 0 Å². The zero-order valence-corrected chi connectivity index (χ0v) is 33.1. The standard InChI is InChI=1S/C57H41NO/c1-57(2)52-24-14-12-22-46(52)47-32-31-44(37-53(47)57)58(54-33-30-43(39-18-8-4-9-19-39)34-49(54)41-20-10-5-11-21-41)45-35-50(56-51(36-45)48-23-13-15-25-55(48)59-56)42-28-26-40(27-29-42)38-16-6-3-7-17-38/h3-37H,1-2H3. The lowest BCUT2D eigenvalue weighted by Crippen LogP contribution is -2.17. The molecule has 0 radical (unpaired) electrons. The average Bonchev–Trinajstić information content (AvgIpc) is 3.79. The summed E-state index contributed by atoms with van der Waals surface area (Å²) in [5, 5.41) is 2.18. The van der Waals surface area contributed by atoms with Crippen LogP contribution in [0.5, 0.6) is 0 Å². The van der Waals surface area contributed by atoms with E-state index in [1.807, 2.05) is 0 Å². The van der Waals surface area contributed by atoms with Crippen LogP contribution >= 0.6 is 0 Å². The molecule has 1 heterocycles. The molecule has 0 fully saturated rings. The van der Waals surface area contributed by atoms with Crippen molar-refractivity contribution in [3.05, 3.63) is 223 Å². The van der Waals surface area contributed by atoms with Gasteiger partial charge in [0.1, 0.15) is 11.2 Å². The molecule has 280 valence electrons. The molecule has 59 heavy (non-hydrogen) atoms. The van der Waals surface area contributed by atoms with Gasteiger partial charge in [0.15, 0.2) is 0 Å². The van der Waals surface area contributed by atoms with Crippen molar-refractivity contribution in [1.82, 2.24) is 0 Å².